The van der Waals surface area contributed by atoms with E-state index < -0.39 is 17.5 Å². The molecule has 6 nitrogen and oxygen atoms in total. The number of benzene rings is 3. The third-order valence-electron chi connectivity index (χ3n) is 5.81. The molecule has 0 bridgehead atoms. The highest BCUT2D eigenvalue weighted by Gasteiger charge is 2.51. The standard InChI is InChI=1S/C26H20N2O4/c1-26(23-15-20-9-5-6-10-22(20)32-23)24(30)28(25(31)27-26)16-21(29)19-13-11-18(12-14-19)17-7-3-2-4-8-17/h2-15H,16H2,1H3,(H,27,31)/t26-/m1/s1. The molecule has 4 aromatic rings. The van der Waals surface area contributed by atoms with Gasteiger partial charge in [-0.2, -0.15) is 0 Å². The minimum atomic E-state index is -1.37. The van der Waals surface area contributed by atoms with Crippen molar-refractivity contribution in [3.63, 3.8) is 0 Å². The number of hydrogen-bond acceptors (Lipinski definition) is 4. The summed E-state index contributed by atoms with van der Waals surface area (Å²) in [5.41, 5.74) is 1.71. The largest absolute Gasteiger partial charge is 0.458 e. The maximum Gasteiger partial charge on any atom is 0.325 e. The molecule has 0 saturated carbocycles. The average molecular weight is 424 g/mol. The fraction of sp³-hybridized carbons (Fsp3) is 0.115. The van der Waals surface area contributed by atoms with Gasteiger partial charge >= 0.3 is 6.03 Å². The molecule has 32 heavy (non-hydrogen) atoms. The SMILES string of the molecule is C[C@]1(c2cc3ccccc3o2)NC(=O)N(CC(=O)c2ccc(-c3ccccc3)cc2)C1=O. The van der Waals surface area contributed by atoms with Gasteiger partial charge in [0.05, 0.1) is 6.54 Å². The van der Waals surface area contributed by atoms with Gasteiger partial charge in [-0.25, -0.2) is 4.79 Å². The first-order chi connectivity index (χ1) is 15.5. The molecule has 5 rings (SSSR count). The monoisotopic (exact) mass is 424 g/mol. The van der Waals surface area contributed by atoms with Crippen LogP contribution in [0.4, 0.5) is 4.79 Å². The van der Waals surface area contributed by atoms with Crippen LogP contribution in [0.5, 0.6) is 0 Å². The summed E-state index contributed by atoms with van der Waals surface area (Å²) < 4.78 is 5.82. The number of amides is 3. The van der Waals surface area contributed by atoms with Gasteiger partial charge in [0.2, 0.25) is 0 Å². The summed E-state index contributed by atoms with van der Waals surface area (Å²) >= 11 is 0. The first-order valence-electron chi connectivity index (χ1n) is 10.3. The lowest BCUT2D eigenvalue weighted by atomic mass is 9.98. The fourth-order valence-electron chi connectivity index (χ4n) is 3.95. The van der Waals surface area contributed by atoms with Crippen molar-refractivity contribution in [3.8, 4) is 11.1 Å². The minimum Gasteiger partial charge on any atom is -0.458 e. The van der Waals surface area contributed by atoms with Crippen molar-refractivity contribution >= 4 is 28.7 Å². The summed E-state index contributed by atoms with van der Waals surface area (Å²) in [7, 11) is 0. The molecule has 2 heterocycles. The molecule has 0 spiro atoms. The van der Waals surface area contributed by atoms with E-state index in [2.05, 4.69) is 5.32 Å². The van der Waals surface area contributed by atoms with Crippen LogP contribution in [0, 0.1) is 0 Å². The Kier molecular flexibility index (Phi) is 4.63. The lowest BCUT2D eigenvalue weighted by molar-refractivity contribution is -0.131. The Morgan fingerprint density at radius 1 is 0.906 bits per heavy atom. The Bertz CT molecular complexity index is 1310. The number of nitrogens with zero attached hydrogens (tertiary/aromatic N) is 1. The second-order valence-corrected chi connectivity index (χ2v) is 7.96. The molecule has 3 amide bonds. The molecular weight excluding hydrogens is 404 g/mol. The summed E-state index contributed by atoms with van der Waals surface area (Å²) in [6.07, 6.45) is 0. The number of furan rings is 1. The maximum atomic E-state index is 13.2. The third-order valence-corrected chi connectivity index (χ3v) is 5.81. The Morgan fingerprint density at radius 2 is 1.56 bits per heavy atom. The van der Waals surface area contributed by atoms with E-state index in [0.717, 1.165) is 21.4 Å². The first kappa shape index (κ1) is 19.8. The van der Waals surface area contributed by atoms with Crippen molar-refractivity contribution in [1.29, 1.82) is 0 Å². The van der Waals surface area contributed by atoms with Gasteiger partial charge in [0.25, 0.3) is 5.91 Å². The van der Waals surface area contributed by atoms with Gasteiger partial charge < -0.3 is 9.73 Å². The average Bonchev–Trinajstić information content (AvgIpc) is 3.35. The van der Waals surface area contributed by atoms with Crippen LogP contribution in [-0.2, 0) is 10.3 Å². The normalized spacial score (nSPS) is 18.2. The first-order valence-corrected chi connectivity index (χ1v) is 10.3. The maximum absolute atomic E-state index is 13.2. The van der Waals surface area contributed by atoms with Crippen LogP contribution < -0.4 is 5.32 Å². The van der Waals surface area contributed by atoms with Gasteiger partial charge in [-0.15, -0.1) is 0 Å². The molecule has 1 aliphatic heterocycles. The Labute approximate surface area is 184 Å². The van der Waals surface area contributed by atoms with E-state index in [1.807, 2.05) is 60.7 Å². The number of nitrogens with one attached hydrogen (secondary N) is 1. The summed E-state index contributed by atoms with van der Waals surface area (Å²) in [5.74, 6) is -0.503. The molecule has 0 unspecified atom stereocenters. The quantitative estimate of drug-likeness (QED) is 0.370. The van der Waals surface area contributed by atoms with E-state index in [0.29, 0.717) is 16.9 Å². The highest BCUT2D eigenvalue weighted by molar-refractivity contribution is 6.11. The summed E-state index contributed by atoms with van der Waals surface area (Å²) in [5, 5.41) is 3.52. The minimum absolute atomic E-state index is 0.318. The van der Waals surface area contributed by atoms with Crippen molar-refractivity contribution in [2.45, 2.75) is 12.5 Å². The molecule has 1 N–H and O–H groups in total. The van der Waals surface area contributed by atoms with Gasteiger partial charge in [0.15, 0.2) is 11.3 Å². The van der Waals surface area contributed by atoms with Crippen LogP contribution in [0.2, 0.25) is 0 Å². The predicted molar refractivity (Wildman–Crippen MR) is 120 cm³/mol. The Balaban J connectivity index is 1.35. The van der Waals surface area contributed by atoms with Crippen molar-refractivity contribution in [2.75, 3.05) is 6.54 Å². The second kappa shape index (κ2) is 7.50. The zero-order valence-corrected chi connectivity index (χ0v) is 17.4. The van der Waals surface area contributed by atoms with Gasteiger partial charge in [0.1, 0.15) is 11.3 Å². The molecule has 1 atom stereocenters. The summed E-state index contributed by atoms with van der Waals surface area (Å²) in [6, 6.07) is 25.4. The molecule has 3 aromatic carbocycles. The van der Waals surface area contributed by atoms with E-state index in [1.54, 1.807) is 31.2 Å². The summed E-state index contributed by atoms with van der Waals surface area (Å²) in [6.45, 7) is 1.25. The molecule has 0 radical (unpaired) electrons. The number of para-hydroxylation sites is 1. The second-order valence-electron chi connectivity index (χ2n) is 7.96. The molecule has 1 fully saturated rings. The zero-order valence-electron chi connectivity index (χ0n) is 17.4. The van der Waals surface area contributed by atoms with Crippen molar-refractivity contribution in [2.24, 2.45) is 0 Å². The van der Waals surface area contributed by atoms with Crippen molar-refractivity contribution < 1.29 is 18.8 Å². The van der Waals surface area contributed by atoms with Crippen LogP contribution in [0.3, 0.4) is 0 Å². The van der Waals surface area contributed by atoms with Crippen LogP contribution in [0.25, 0.3) is 22.1 Å². The number of fused-ring (bicyclic) bond motifs is 1. The number of rotatable bonds is 5. The lowest BCUT2D eigenvalue weighted by Crippen LogP contribution is -2.41. The molecule has 1 aromatic heterocycles. The predicted octanol–water partition coefficient (Wildman–Crippen LogP) is 4.75. The number of imide groups is 1. The van der Waals surface area contributed by atoms with Crippen molar-refractivity contribution in [3.05, 3.63) is 96.3 Å². The Hall–Kier alpha value is -4.19. The molecule has 1 saturated heterocycles. The smallest absolute Gasteiger partial charge is 0.325 e. The van der Waals surface area contributed by atoms with E-state index >= 15 is 0 Å². The number of ketones is 1. The van der Waals surface area contributed by atoms with E-state index in [9.17, 15) is 14.4 Å². The molecule has 1 aliphatic rings. The number of carbonyl (C=O) groups excluding carboxylic acids is 3. The van der Waals surface area contributed by atoms with Crippen molar-refractivity contribution in [1.82, 2.24) is 10.2 Å². The highest BCUT2D eigenvalue weighted by Crippen LogP contribution is 2.33. The molecule has 0 aliphatic carbocycles. The summed E-state index contributed by atoms with van der Waals surface area (Å²) in [4.78, 5) is 39.5. The van der Waals surface area contributed by atoms with Crippen LogP contribution in [0.1, 0.15) is 23.0 Å². The fourth-order valence-corrected chi connectivity index (χ4v) is 3.95. The van der Waals surface area contributed by atoms with E-state index in [-0.39, 0.29) is 12.3 Å². The van der Waals surface area contributed by atoms with Gasteiger partial charge in [-0.05, 0) is 30.2 Å². The van der Waals surface area contributed by atoms with Crippen LogP contribution in [-0.4, -0.2) is 29.2 Å². The zero-order chi connectivity index (χ0) is 22.3. The number of carbonyl (C=O) groups is 3. The lowest BCUT2D eigenvalue weighted by Gasteiger charge is -2.18. The van der Waals surface area contributed by atoms with Crippen LogP contribution in [0.15, 0.2) is 89.3 Å². The molecular formula is C26H20N2O4. The molecule has 6 heteroatoms. The van der Waals surface area contributed by atoms with Gasteiger partial charge in [-0.1, -0.05) is 72.8 Å². The van der Waals surface area contributed by atoms with E-state index in [4.69, 9.17) is 4.42 Å². The van der Waals surface area contributed by atoms with Crippen LogP contribution >= 0.6 is 0 Å². The highest BCUT2D eigenvalue weighted by atomic mass is 16.3. The number of Topliss-reactive ketones (excluding diaryl/α,β-unsaturated/α-hetero) is 1. The molecule has 158 valence electrons. The van der Waals surface area contributed by atoms with E-state index in [1.165, 1.54) is 0 Å². The van der Waals surface area contributed by atoms with Gasteiger partial charge in [-0.3, -0.25) is 14.5 Å². The third kappa shape index (κ3) is 3.26. The van der Waals surface area contributed by atoms with Gasteiger partial charge in [0, 0.05) is 10.9 Å². The Morgan fingerprint density at radius 3 is 2.28 bits per heavy atom. The topological polar surface area (TPSA) is 79.6 Å². The number of urea groups is 1. The number of hydrogen-bond donors (Lipinski definition) is 1.